The Bertz CT molecular complexity index is 480. The van der Waals surface area contributed by atoms with Crippen LogP contribution in [0.25, 0.3) is 0 Å². The Morgan fingerprint density at radius 2 is 2.18 bits per heavy atom. The maximum Gasteiger partial charge on any atom is 0.191 e. The lowest BCUT2D eigenvalue weighted by Gasteiger charge is -2.11. The van der Waals surface area contributed by atoms with Crippen molar-refractivity contribution in [1.82, 2.24) is 10.6 Å². The summed E-state index contributed by atoms with van der Waals surface area (Å²) in [7, 11) is 0. The molecule has 0 aliphatic carbocycles. The molecule has 0 heterocycles. The summed E-state index contributed by atoms with van der Waals surface area (Å²) in [5, 5.41) is 6.49. The van der Waals surface area contributed by atoms with Gasteiger partial charge in [-0.05, 0) is 31.0 Å². The first-order chi connectivity index (χ1) is 10.2. The largest absolute Gasteiger partial charge is 0.357 e. The molecule has 0 aromatic heterocycles. The number of hydrogen-bond donors (Lipinski definition) is 2. The van der Waals surface area contributed by atoms with Crippen molar-refractivity contribution >= 4 is 41.7 Å². The van der Waals surface area contributed by atoms with Gasteiger partial charge in [0.25, 0.3) is 0 Å². The van der Waals surface area contributed by atoms with E-state index in [0.717, 1.165) is 36.1 Å². The Morgan fingerprint density at radius 1 is 1.41 bits per heavy atom. The number of guanidine groups is 1. The molecule has 0 amide bonds. The number of halogens is 2. The van der Waals surface area contributed by atoms with Crippen LogP contribution in [0.2, 0.25) is 0 Å². The smallest absolute Gasteiger partial charge is 0.191 e. The molecule has 0 saturated heterocycles. The summed E-state index contributed by atoms with van der Waals surface area (Å²) in [6, 6.07) is 5.10. The van der Waals surface area contributed by atoms with E-state index < -0.39 is 0 Å². The van der Waals surface area contributed by atoms with Gasteiger partial charge in [-0.3, -0.25) is 0 Å². The number of nitrogens with zero attached hydrogens (tertiary/aromatic N) is 1. The number of aliphatic imine (C=N–C) groups is 1. The standard InChI is InChI=1S/C16H24FN3S.HI/c1-4-9-21-10-8-19-16(18-5-2)20-12-14-6-7-15(17)13(3)11-14;/h4,6-7,11H,1,5,8-10,12H2,2-3H3,(H2,18,19,20);1H. The third-order valence-electron chi connectivity index (χ3n) is 2.76. The van der Waals surface area contributed by atoms with Gasteiger partial charge in [0.15, 0.2) is 5.96 Å². The van der Waals surface area contributed by atoms with E-state index in [4.69, 9.17) is 0 Å². The molecule has 22 heavy (non-hydrogen) atoms. The molecular formula is C16H25FIN3S. The average molecular weight is 437 g/mol. The number of hydrogen-bond acceptors (Lipinski definition) is 2. The molecule has 0 unspecified atom stereocenters. The average Bonchev–Trinajstić information content (AvgIpc) is 2.48. The highest BCUT2D eigenvalue weighted by Gasteiger charge is 2.00. The van der Waals surface area contributed by atoms with Crippen LogP contribution in [0.1, 0.15) is 18.1 Å². The van der Waals surface area contributed by atoms with Crippen LogP contribution in [0, 0.1) is 12.7 Å². The summed E-state index contributed by atoms with van der Waals surface area (Å²) in [5.41, 5.74) is 1.66. The van der Waals surface area contributed by atoms with E-state index >= 15 is 0 Å². The molecule has 1 aromatic carbocycles. The number of benzene rings is 1. The highest BCUT2D eigenvalue weighted by Crippen LogP contribution is 2.10. The topological polar surface area (TPSA) is 36.4 Å². The number of rotatable bonds is 8. The van der Waals surface area contributed by atoms with Crippen molar-refractivity contribution in [2.75, 3.05) is 24.6 Å². The Morgan fingerprint density at radius 3 is 2.82 bits per heavy atom. The molecule has 0 fully saturated rings. The minimum Gasteiger partial charge on any atom is -0.357 e. The van der Waals surface area contributed by atoms with E-state index in [2.05, 4.69) is 22.2 Å². The second kappa shape index (κ2) is 12.8. The fraction of sp³-hybridized carbons (Fsp3) is 0.438. The van der Waals surface area contributed by atoms with Gasteiger partial charge in [0.05, 0.1) is 6.54 Å². The van der Waals surface area contributed by atoms with Crippen LogP contribution >= 0.6 is 35.7 Å². The normalized spacial score (nSPS) is 10.8. The molecule has 0 atom stereocenters. The van der Waals surface area contributed by atoms with E-state index in [1.807, 2.05) is 30.8 Å². The summed E-state index contributed by atoms with van der Waals surface area (Å²) < 4.78 is 13.2. The lowest BCUT2D eigenvalue weighted by Crippen LogP contribution is -2.38. The Balaban J connectivity index is 0.00000441. The van der Waals surface area contributed by atoms with Gasteiger partial charge >= 0.3 is 0 Å². The third-order valence-corrected chi connectivity index (χ3v) is 3.73. The first kappa shape index (κ1) is 21.2. The molecular weight excluding hydrogens is 412 g/mol. The summed E-state index contributed by atoms with van der Waals surface area (Å²) in [5.74, 6) is 2.58. The summed E-state index contributed by atoms with van der Waals surface area (Å²) in [6.45, 7) is 9.70. The Kier molecular flexibility index (Phi) is 12.3. The second-order valence-corrected chi connectivity index (χ2v) is 5.72. The second-order valence-electron chi connectivity index (χ2n) is 4.57. The fourth-order valence-electron chi connectivity index (χ4n) is 1.73. The molecule has 3 nitrogen and oxygen atoms in total. The first-order valence-corrected chi connectivity index (χ1v) is 8.28. The zero-order valence-corrected chi connectivity index (χ0v) is 16.3. The van der Waals surface area contributed by atoms with Gasteiger partial charge in [0, 0.05) is 24.6 Å². The van der Waals surface area contributed by atoms with Crippen molar-refractivity contribution in [3.8, 4) is 0 Å². The molecule has 124 valence electrons. The lowest BCUT2D eigenvalue weighted by atomic mass is 10.1. The molecule has 1 aromatic rings. The monoisotopic (exact) mass is 437 g/mol. The van der Waals surface area contributed by atoms with Crippen LogP contribution < -0.4 is 10.6 Å². The summed E-state index contributed by atoms with van der Waals surface area (Å²) in [4.78, 5) is 4.51. The van der Waals surface area contributed by atoms with Crippen molar-refractivity contribution < 1.29 is 4.39 Å². The summed E-state index contributed by atoms with van der Waals surface area (Å²) >= 11 is 1.83. The van der Waals surface area contributed by atoms with Crippen molar-refractivity contribution in [2.24, 2.45) is 4.99 Å². The minimum absolute atomic E-state index is 0. The van der Waals surface area contributed by atoms with Crippen LogP contribution in [-0.2, 0) is 6.54 Å². The van der Waals surface area contributed by atoms with Gasteiger partial charge in [0.1, 0.15) is 5.82 Å². The molecule has 6 heteroatoms. The molecule has 0 spiro atoms. The van der Waals surface area contributed by atoms with E-state index in [0.29, 0.717) is 12.1 Å². The van der Waals surface area contributed by atoms with Gasteiger partial charge in [-0.1, -0.05) is 18.2 Å². The van der Waals surface area contributed by atoms with Gasteiger partial charge in [-0.25, -0.2) is 9.38 Å². The first-order valence-electron chi connectivity index (χ1n) is 7.13. The maximum absolute atomic E-state index is 13.2. The van der Waals surface area contributed by atoms with Crippen LogP contribution in [0.5, 0.6) is 0 Å². The SMILES string of the molecule is C=CCSCCNC(=NCc1ccc(F)c(C)c1)NCC.I. The van der Waals surface area contributed by atoms with Gasteiger partial charge < -0.3 is 10.6 Å². The number of thioether (sulfide) groups is 1. The van der Waals surface area contributed by atoms with Gasteiger partial charge in [-0.2, -0.15) is 11.8 Å². The van der Waals surface area contributed by atoms with Gasteiger partial charge in [0.2, 0.25) is 0 Å². The Labute approximate surface area is 154 Å². The highest BCUT2D eigenvalue weighted by molar-refractivity contribution is 14.0. The number of aryl methyl sites for hydroxylation is 1. The fourth-order valence-corrected chi connectivity index (χ4v) is 2.31. The molecule has 0 radical (unpaired) electrons. The predicted octanol–water partition coefficient (Wildman–Crippen LogP) is 3.73. The predicted molar refractivity (Wildman–Crippen MR) is 107 cm³/mol. The van der Waals surface area contributed by atoms with Gasteiger partial charge in [-0.15, -0.1) is 30.6 Å². The molecule has 0 bridgehead atoms. The van der Waals surface area contributed by atoms with Crippen molar-refractivity contribution in [3.05, 3.63) is 47.8 Å². The minimum atomic E-state index is -0.174. The van der Waals surface area contributed by atoms with Crippen molar-refractivity contribution in [3.63, 3.8) is 0 Å². The van der Waals surface area contributed by atoms with E-state index in [1.54, 1.807) is 13.0 Å². The lowest BCUT2D eigenvalue weighted by molar-refractivity contribution is 0.617. The van der Waals surface area contributed by atoms with Crippen molar-refractivity contribution in [1.29, 1.82) is 0 Å². The zero-order chi connectivity index (χ0) is 15.5. The quantitative estimate of drug-likeness (QED) is 0.214. The van der Waals surface area contributed by atoms with Crippen LogP contribution in [-0.4, -0.2) is 30.6 Å². The molecule has 0 aliphatic rings. The van der Waals surface area contributed by atoms with E-state index in [9.17, 15) is 4.39 Å². The van der Waals surface area contributed by atoms with Crippen LogP contribution in [0.3, 0.4) is 0 Å². The third kappa shape index (κ3) is 8.63. The van der Waals surface area contributed by atoms with Crippen LogP contribution in [0.4, 0.5) is 4.39 Å². The number of nitrogens with one attached hydrogen (secondary N) is 2. The summed E-state index contributed by atoms with van der Waals surface area (Å²) in [6.07, 6.45) is 1.90. The zero-order valence-electron chi connectivity index (χ0n) is 13.2. The Hall–Kier alpha value is -0.760. The highest BCUT2D eigenvalue weighted by atomic mass is 127. The molecule has 0 aliphatic heterocycles. The molecule has 2 N–H and O–H groups in total. The van der Waals surface area contributed by atoms with Crippen LogP contribution in [0.15, 0.2) is 35.8 Å². The maximum atomic E-state index is 13.2. The molecule has 1 rings (SSSR count). The van der Waals surface area contributed by atoms with E-state index in [-0.39, 0.29) is 29.8 Å². The van der Waals surface area contributed by atoms with Crippen molar-refractivity contribution in [2.45, 2.75) is 20.4 Å². The molecule has 0 saturated carbocycles. The van der Waals surface area contributed by atoms with E-state index in [1.165, 1.54) is 6.07 Å².